The second-order valence-electron chi connectivity index (χ2n) is 6.38. The van der Waals surface area contributed by atoms with E-state index in [1.807, 2.05) is 0 Å². The van der Waals surface area contributed by atoms with Crippen molar-refractivity contribution in [3.05, 3.63) is 35.4 Å². The highest BCUT2D eigenvalue weighted by atomic mass is 16.2. The molecule has 1 aliphatic heterocycles. The standard InChI is InChI=1S/C17H25N3O/c1-14-3-2-4-15(11-14)12-19-7-9-20(10-8-19)13-17(21)18-16-5-6-16/h2-4,11,16H,5-10,12-13H2,1H3,(H,18,21). The number of hydrogen-bond donors (Lipinski definition) is 1. The molecular formula is C17H25N3O. The maximum absolute atomic E-state index is 11.8. The molecule has 114 valence electrons. The summed E-state index contributed by atoms with van der Waals surface area (Å²) in [5.41, 5.74) is 2.71. The summed E-state index contributed by atoms with van der Waals surface area (Å²) < 4.78 is 0. The zero-order chi connectivity index (χ0) is 14.7. The molecule has 0 atom stereocenters. The Morgan fingerprint density at radius 1 is 1.19 bits per heavy atom. The normalized spacial score (nSPS) is 20.4. The lowest BCUT2D eigenvalue weighted by Crippen LogP contribution is -2.49. The van der Waals surface area contributed by atoms with Gasteiger partial charge in [0.15, 0.2) is 0 Å². The largest absolute Gasteiger partial charge is 0.352 e. The Kier molecular flexibility index (Phi) is 4.56. The van der Waals surface area contributed by atoms with Gasteiger partial charge in [-0.15, -0.1) is 0 Å². The van der Waals surface area contributed by atoms with Crippen molar-refractivity contribution in [3.63, 3.8) is 0 Å². The highest BCUT2D eigenvalue weighted by molar-refractivity contribution is 5.78. The molecule has 1 aliphatic carbocycles. The smallest absolute Gasteiger partial charge is 0.234 e. The number of benzene rings is 1. The average Bonchev–Trinajstić information content (AvgIpc) is 3.25. The van der Waals surface area contributed by atoms with Gasteiger partial charge >= 0.3 is 0 Å². The molecule has 3 rings (SSSR count). The molecule has 0 radical (unpaired) electrons. The molecule has 1 saturated heterocycles. The highest BCUT2D eigenvalue weighted by Crippen LogP contribution is 2.18. The van der Waals surface area contributed by atoms with E-state index in [2.05, 4.69) is 46.3 Å². The van der Waals surface area contributed by atoms with E-state index in [9.17, 15) is 4.79 Å². The number of carbonyl (C=O) groups excluding carboxylic acids is 1. The van der Waals surface area contributed by atoms with Gasteiger partial charge < -0.3 is 5.32 Å². The van der Waals surface area contributed by atoms with Crippen molar-refractivity contribution in [3.8, 4) is 0 Å². The van der Waals surface area contributed by atoms with Crippen LogP contribution >= 0.6 is 0 Å². The Bertz CT molecular complexity index is 491. The van der Waals surface area contributed by atoms with E-state index in [0.29, 0.717) is 12.6 Å². The van der Waals surface area contributed by atoms with Gasteiger partial charge in [-0.05, 0) is 25.3 Å². The molecule has 2 aliphatic rings. The van der Waals surface area contributed by atoms with E-state index >= 15 is 0 Å². The number of rotatable bonds is 5. The van der Waals surface area contributed by atoms with Gasteiger partial charge in [0.25, 0.3) is 0 Å². The number of piperazine rings is 1. The Labute approximate surface area is 127 Å². The van der Waals surface area contributed by atoms with Gasteiger partial charge in [0.05, 0.1) is 6.54 Å². The number of aryl methyl sites for hydroxylation is 1. The molecule has 0 spiro atoms. The lowest BCUT2D eigenvalue weighted by molar-refractivity contribution is -0.122. The van der Waals surface area contributed by atoms with Crippen LogP contribution in [0.5, 0.6) is 0 Å². The van der Waals surface area contributed by atoms with Crippen molar-refractivity contribution >= 4 is 5.91 Å². The monoisotopic (exact) mass is 287 g/mol. The second kappa shape index (κ2) is 6.58. The van der Waals surface area contributed by atoms with Gasteiger partial charge in [0, 0.05) is 38.8 Å². The SMILES string of the molecule is Cc1cccc(CN2CCN(CC(=O)NC3CC3)CC2)c1. The predicted octanol–water partition coefficient (Wildman–Crippen LogP) is 1.39. The van der Waals surface area contributed by atoms with Crippen LogP contribution in [0, 0.1) is 6.92 Å². The van der Waals surface area contributed by atoms with Gasteiger partial charge in [0.2, 0.25) is 5.91 Å². The molecule has 1 aromatic rings. The number of nitrogens with one attached hydrogen (secondary N) is 1. The van der Waals surface area contributed by atoms with Crippen LogP contribution in [0.25, 0.3) is 0 Å². The van der Waals surface area contributed by atoms with Crippen LogP contribution < -0.4 is 5.32 Å². The quantitative estimate of drug-likeness (QED) is 0.889. The van der Waals surface area contributed by atoms with Crippen molar-refractivity contribution in [1.29, 1.82) is 0 Å². The zero-order valence-corrected chi connectivity index (χ0v) is 12.8. The Morgan fingerprint density at radius 3 is 2.57 bits per heavy atom. The van der Waals surface area contributed by atoms with Crippen LogP contribution in [-0.2, 0) is 11.3 Å². The Balaban J connectivity index is 1.41. The lowest BCUT2D eigenvalue weighted by Gasteiger charge is -2.34. The fourth-order valence-corrected chi connectivity index (χ4v) is 2.88. The molecule has 4 nitrogen and oxygen atoms in total. The predicted molar refractivity (Wildman–Crippen MR) is 84.1 cm³/mol. The van der Waals surface area contributed by atoms with Crippen molar-refractivity contribution < 1.29 is 4.79 Å². The van der Waals surface area contributed by atoms with E-state index < -0.39 is 0 Å². The van der Waals surface area contributed by atoms with E-state index in [1.165, 1.54) is 11.1 Å². The van der Waals surface area contributed by atoms with E-state index in [4.69, 9.17) is 0 Å². The molecule has 2 fully saturated rings. The highest BCUT2D eigenvalue weighted by Gasteiger charge is 2.25. The summed E-state index contributed by atoms with van der Waals surface area (Å²) in [6.07, 6.45) is 2.33. The third-order valence-corrected chi connectivity index (χ3v) is 4.26. The topological polar surface area (TPSA) is 35.6 Å². The van der Waals surface area contributed by atoms with Crippen LogP contribution in [0.15, 0.2) is 24.3 Å². The van der Waals surface area contributed by atoms with Crippen LogP contribution in [0.3, 0.4) is 0 Å². The Morgan fingerprint density at radius 2 is 1.90 bits per heavy atom. The summed E-state index contributed by atoms with van der Waals surface area (Å²) >= 11 is 0. The van der Waals surface area contributed by atoms with Crippen LogP contribution in [0.2, 0.25) is 0 Å². The molecule has 1 saturated carbocycles. The van der Waals surface area contributed by atoms with Gasteiger partial charge in [-0.1, -0.05) is 29.8 Å². The third kappa shape index (κ3) is 4.55. The molecule has 1 amide bonds. The summed E-state index contributed by atoms with van der Waals surface area (Å²) in [6.45, 7) is 7.79. The fraction of sp³-hybridized carbons (Fsp3) is 0.588. The van der Waals surface area contributed by atoms with Crippen molar-refractivity contribution in [2.75, 3.05) is 32.7 Å². The molecule has 0 bridgehead atoms. The first kappa shape index (κ1) is 14.5. The van der Waals surface area contributed by atoms with Gasteiger partial charge in [-0.25, -0.2) is 0 Å². The minimum absolute atomic E-state index is 0.199. The average molecular weight is 287 g/mol. The number of carbonyl (C=O) groups is 1. The summed E-state index contributed by atoms with van der Waals surface area (Å²) in [7, 11) is 0. The lowest BCUT2D eigenvalue weighted by atomic mass is 10.1. The molecule has 0 aromatic heterocycles. The van der Waals surface area contributed by atoms with Gasteiger partial charge in [-0.3, -0.25) is 14.6 Å². The van der Waals surface area contributed by atoms with Crippen molar-refractivity contribution in [1.82, 2.24) is 15.1 Å². The third-order valence-electron chi connectivity index (χ3n) is 4.26. The number of hydrogen-bond acceptors (Lipinski definition) is 3. The summed E-state index contributed by atoms with van der Waals surface area (Å²) in [5, 5.41) is 3.06. The van der Waals surface area contributed by atoms with Crippen molar-refractivity contribution in [2.24, 2.45) is 0 Å². The Hall–Kier alpha value is -1.39. The van der Waals surface area contributed by atoms with Gasteiger partial charge in [-0.2, -0.15) is 0 Å². The second-order valence-corrected chi connectivity index (χ2v) is 6.38. The molecule has 0 unspecified atom stereocenters. The van der Waals surface area contributed by atoms with Crippen molar-refractivity contribution in [2.45, 2.75) is 32.4 Å². The van der Waals surface area contributed by atoms with E-state index in [1.54, 1.807) is 0 Å². The van der Waals surface area contributed by atoms with E-state index in [0.717, 1.165) is 45.6 Å². The minimum Gasteiger partial charge on any atom is -0.352 e. The summed E-state index contributed by atoms with van der Waals surface area (Å²) in [4.78, 5) is 16.5. The van der Waals surface area contributed by atoms with Crippen LogP contribution in [0.1, 0.15) is 24.0 Å². The maximum atomic E-state index is 11.8. The van der Waals surface area contributed by atoms with Crippen LogP contribution in [0.4, 0.5) is 0 Å². The summed E-state index contributed by atoms with van der Waals surface area (Å²) in [5.74, 6) is 0.199. The first-order chi connectivity index (χ1) is 10.2. The molecular weight excluding hydrogens is 262 g/mol. The molecule has 1 N–H and O–H groups in total. The summed E-state index contributed by atoms with van der Waals surface area (Å²) in [6, 6.07) is 9.20. The number of nitrogens with zero attached hydrogens (tertiary/aromatic N) is 2. The minimum atomic E-state index is 0.199. The van der Waals surface area contributed by atoms with E-state index in [-0.39, 0.29) is 5.91 Å². The first-order valence-electron chi connectivity index (χ1n) is 7.99. The van der Waals surface area contributed by atoms with Gasteiger partial charge in [0.1, 0.15) is 0 Å². The maximum Gasteiger partial charge on any atom is 0.234 e. The molecule has 4 heteroatoms. The molecule has 1 aromatic carbocycles. The molecule has 1 heterocycles. The zero-order valence-electron chi connectivity index (χ0n) is 12.8. The first-order valence-corrected chi connectivity index (χ1v) is 7.99. The molecule has 21 heavy (non-hydrogen) atoms. The van der Waals surface area contributed by atoms with Crippen LogP contribution in [-0.4, -0.2) is 54.5 Å². The fourth-order valence-electron chi connectivity index (χ4n) is 2.88. The number of amides is 1.